The minimum absolute atomic E-state index is 0.0410. The monoisotopic (exact) mass is 347 g/mol. The van der Waals surface area contributed by atoms with E-state index in [1.54, 1.807) is 30.3 Å². The molecule has 0 amide bonds. The molecule has 0 saturated carbocycles. The Morgan fingerprint density at radius 1 is 1.32 bits per heavy atom. The van der Waals surface area contributed by atoms with Gasteiger partial charge in [0.1, 0.15) is 6.04 Å². The number of sulfonamides is 1. The summed E-state index contributed by atoms with van der Waals surface area (Å²) >= 11 is 0.987. The van der Waals surface area contributed by atoms with Gasteiger partial charge in [0.05, 0.1) is 18.6 Å². The third-order valence-electron chi connectivity index (χ3n) is 2.55. The lowest BCUT2D eigenvalue weighted by molar-refractivity contribution is -0.139. The zero-order valence-corrected chi connectivity index (χ0v) is 13.5. The number of hydrogen-bond acceptors (Lipinski definition) is 6. The van der Waals surface area contributed by atoms with Crippen LogP contribution in [0.5, 0.6) is 0 Å². The van der Waals surface area contributed by atoms with E-state index in [-0.39, 0.29) is 17.3 Å². The van der Waals surface area contributed by atoms with Crippen molar-refractivity contribution in [3.05, 3.63) is 35.9 Å². The third-order valence-corrected chi connectivity index (χ3v) is 4.92. The number of methoxy groups -OCH3 is 1. The first-order valence-corrected chi connectivity index (χ1v) is 9.06. The minimum atomic E-state index is -3.80. The number of esters is 1. The molecule has 2 N–H and O–H groups in total. The fourth-order valence-corrected chi connectivity index (χ4v) is 3.83. The maximum absolute atomic E-state index is 12.0. The van der Waals surface area contributed by atoms with E-state index in [9.17, 15) is 18.0 Å². The Balaban J connectivity index is 2.61. The number of ether oxygens (including phenoxy) is 1. The Morgan fingerprint density at radius 2 is 1.95 bits per heavy atom. The molecule has 7 nitrogen and oxygen atoms in total. The molecule has 0 spiro atoms. The second-order valence-electron chi connectivity index (χ2n) is 4.34. The van der Waals surface area contributed by atoms with E-state index in [0.29, 0.717) is 5.56 Å². The van der Waals surface area contributed by atoms with E-state index in [2.05, 4.69) is 9.46 Å². The lowest BCUT2D eigenvalue weighted by Crippen LogP contribution is -2.43. The van der Waals surface area contributed by atoms with Gasteiger partial charge in [0.15, 0.2) is 0 Å². The Bertz CT molecular complexity index is 602. The van der Waals surface area contributed by atoms with Crippen LogP contribution in [0.2, 0.25) is 0 Å². The van der Waals surface area contributed by atoms with Gasteiger partial charge in [-0.3, -0.25) is 9.59 Å². The van der Waals surface area contributed by atoms with Crippen molar-refractivity contribution < 1.29 is 27.9 Å². The molecule has 22 heavy (non-hydrogen) atoms. The Kier molecular flexibility index (Phi) is 7.36. The van der Waals surface area contributed by atoms with Crippen LogP contribution in [0.4, 0.5) is 0 Å². The summed E-state index contributed by atoms with van der Waals surface area (Å²) in [6.45, 7) is 0. The predicted octanol–water partition coefficient (Wildman–Crippen LogP) is 0.465. The molecule has 1 aromatic rings. The van der Waals surface area contributed by atoms with E-state index in [1.165, 1.54) is 7.11 Å². The number of nitrogens with one attached hydrogen (secondary N) is 1. The van der Waals surface area contributed by atoms with Crippen molar-refractivity contribution in [1.82, 2.24) is 4.72 Å². The molecule has 0 fully saturated rings. The third kappa shape index (κ3) is 6.92. The van der Waals surface area contributed by atoms with Crippen molar-refractivity contribution >= 4 is 33.7 Å². The molecule has 122 valence electrons. The molecule has 1 rings (SSSR count). The van der Waals surface area contributed by atoms with Crippen LogP contribution < -0.4 is 4.72 Å². The van der Waals surface area contributed by atoms with Gasteiger partial charge in [-0.2, -0.15) is 4.72 Å². The fraction of sp³-hybridized carbons (Fsp3) is 0.385. The van der Waals surface area contributed by atoms with Gasteiger partial charge >= 0.3 is 11.9 Å². The van der Waals surface area contributed by atoms with Gasteiger partial charge in [0.25, 0.3) is 0 Å². The highest BCUT2D eigenvalue weighted by atomic mass is 32.2. The number of carbonyl (C=O) groups excluding carboxylic acids is 1. The average molecular weight is 347 g/mol. The van der Waals surface area contributed by atoms with Crippen LogP contribution >= 0.6 is 11.8 Å². The van der Waals surface area contributed by atoms with Crippen molar-refractivity contribution in [3.63, 3.8) is 0 Å². The molecule has 1 atom stereocenters. The smallest absolute Gasteiger partial charge is 0.322 e. The molecular weight excluding hydrogens is 330 g/mol. The summed E-state index contributed by atoms with van der Waals surface area (Å²) in [5, 5.41) is 9.07. The van der Waals surface area contributed by atoms with Gasteiger partial charge < -0.3 is 9.84 Å². The predicted molar refractivity (Wildman–Crippen MR) is 83.0 cm³/mol. The molecule has 9 heteroatoms. The van der Waals surface area contributed by atoms with Crippen molar-refractivity contribution in [2.45, 2.75) is 11.8 Å². The van der Waals surface area contributed by atoms with Crippen LogP contribution in [0.1, 0.15) is 5.56 Å². The van der Waals surface area contributed by atoms with Gasteiger partial charge in [-0.25, -0.2) is 8.42 Å². The number of thioether (sulfide) groups is 1. The quantitative estimate of drug-likeness (QED) is 0.625. The normalized spacial score (nSPS) is 12.6. The molecule has 0 unspecified atom stereocenters. The van der Waals surface area contributed by atoms with E-state index in [1.807, 2.05) is 0 Å². The van der Waals surface area contributed by atoms with Gasteiger partial charge in [0.2, 0.25) is 10.0 Å². The first kappa shape index (κ1) is 18.5. The highest BCUT2D eigenvalue weighted by Crippen LogP contribution is 2.08. The zero-order valence-electron chi connectivity index (χ0n) is 11.9. The first-order chi connectivity index (χ1) is 10.3. The number of carboxylic acid groups (broad SMARTS) is 1. The molecular formula is C13H17NO6S2. The molecule has 0 bridgehead atoms. The SMILES string of the molecule is COC(=O)CSC[C@H](NS(=O)(=O)Cc1ccccc1)C(=O)O. The second-order valence-corrected chi connectivity index (χ2v) is 7.13. The number of benzene rings is 1. The zero-order chi connectivity index (χ0) is 16.6. The largest absolute Gasteiger partial charge is 0.480 e. The van der Waals surface area contributed by atoms with E-state index in [4.69, 9.17) is 5.11 Å². The molecule has 0 aliphatic carbocycles. The molecule has 0 aliphatic heterocycles. The van der Waals surface area contributed by atoms with E-state index >= 15 is 0 Å². The maximum Gasteiger partial charge on any atom is 0.322 e. The highest BCUT2D eigenvalue weighted by Gasteiger charge is 2.24. The first-order valence-electron chi connectivity index (χ1n) is 6.25. The summed E-state index contributed by atoms with van der Waals surface area (Å²) in [5.41, 5.74) is 0.557. The Morgan fingerprint density at radius 3 is 2.50 bits per heavy atom. The number of carboxylic acids is 1. The van der Waals surface area contributed by atoms with Crippen LogP contribution in [-0.2, 0) is 30.1 Å². The summed E-state index contributed by atoms with van der Waals surface area (Å²) in [5.74, 6) is -2.21. The van der Waals surface area contributed by atoms with Gasteiger partial charge in [-0.05, 0) is 5.56 Å². The maximum atomic E-state index is 12.0. The van der Waals surface area contributed by atoms with Gasteiger partial charge in [-0.15, -0.1) is 11.8 Å². The Labute approximate surface area is 133 Å². The van der Waals surface area contributed by atoms with Gasteiger partial charge in [-0.1, -0.05) is 30.3 Å². The van der Waals surface area contributed by atoms with E-state index < -0.39 is 28.0 Å². The standard InChI is InChI=1S/C13H17NO6S2/c1-20-12(15)8-21-7-11(13(16)17)14-22(18,19)9-10-5-3-2-4-6-10/h2-6,11,14H,7-9H2,1H3,(H,16,17)/t11-/m0/s1. The second kappa shape index (κ2) is 8.76. The van der Waals surface area contributed by atoms with Crippen LogP contribution in [0.15, 0.2) is 30.3 Å². The number of carbonyl (C=O) groups is 2. The molecule has 0 radical (unpaired) electrons. The molecule has 0 aliphatic rings. The van der Waals surface area contributed by atoms with Crippen LogP contribution in [0.25, 0.3) is 0 Å². The molecule has 0 heterocycles. The number of rotatable bonds is 9. The lowest BCUT2D eigenvalue weighted by Gasteiger charge is -2.14. The number of hydrogen-bond donors (Lipinski definition) is 2. The van der Waals surface area contributed by atoms with Gasteiger partial charge in [0, 0.05) is 5.75 Å². The van der Waals surface area contributed by atoms with Crippen molar-refractivity contribution in [3.8, 4) is 0 Å². The lowest BCUT2D eigenvalue weighted by atomic mass is 10.2. The summed E-state index contributed by atoms with van der Waals surface area (Å²) in [4.78, 5) is 22.1. The summed E-state index contributed by atoms with van der Waals surface area (Å²) in [6, 6.07) is 7.13. The average Bonchev–Trinajstić information content (AvgIpc) is 2.46. The van der Waals surface area contributed by atoms with Crippen LogP contribution in [-0.4, -0.2) is 50.1 Å². The van der Waals surface area contributed by atoms with Crippen LogP contribution in [0.3, 0.4) is 0 Å². The summed E-state index contributed by atoms with van der Waals surface area (Å²) in [7, 11) is -2.57. The van der Waals surface area contributed by atoms with Crippen LogP contribution in [0, 0.1) is 0 Å². The topological polar surface area (TPSA) is 110 Å². The molecule has 0 aromatic heterocycles. The van der Waals surface area contributed by atoms with E-state index in [0.717, 1.165) is 11.8 Å². The summed E-state index contributed by atoms with van der Waals surface area (Å²) in [6.07, 6.45) is 0. The van der Waals surface area contributed by atoms with Crippen molar-refractivity contribution in [2.24, 2.45) is 0 Å². The molecule has 1 aromatic carbocycles. The number of aliphatic carboxylic acids is 1. The highest BCUT2D eigenvalue weighted by molar-refractivity contribution is 8.00. The molecule has 0 saturated heterocycles. The minimum Gasteiger partial charge on any atom is -0.480 e. The van der Waals surface area contributed by atoms with Crippen molar-refractivity contribution in [1.29, 1.82) is 0 Å². The van der Waals surface area contributed by atoms with Crippen molar-refractivity contribution in [2.75, 3.05) is 18.6 Å². The fourth-order valence-electron chi connectivity index (χ4n) is 1.53. The Hall–Kier alpha value is -1.58. The summed E-state index contributed by atoms with van der Waals surface area (Å²) < 4.78 is 30.5.